The molecule has 2 rings (SSSR count). The van der Waals surface area contributed by atoms with Crippen molar-refractivity contribution in [1.29, 1.82) is 0 Å². The minimum absolute atomic E-state index is 0.419. The van der Waals surface area contributed by atoms with Gasteiger partial charge in [0.1, 0.15) is 12.4 Å². The lowest BCUT2D eigenvalue weighted by atomic mass is 10.1. The predicted molar refractivity (Wildman–Crippen MR) is 83.6 cm³/mol. The maximum Gasteiger partial charge on any atom is 0.328 e. The first-order chi connectivity index (χ1) is 10.1. The number of benzene rings is 2. The summed E-state index contributed by atoms with van der Waals surface area (Å²) in [6.07, 6.45) is 2.54. The second-order valence-corrected chi connectivity index (χ2v) is 5.01. The molecule has 0 aliphatic heterocycles. The molecule has 0 aromatic heterocycles. The van der Waals surface area contributed by atoms with Gasteiger partial charge in [0.15, 0.2) is 0 Å². The van der Waals surface area contributed by atoms with E-state index in [1.807, 2.05) is 31.2 Å². The van der Waals surface area contributed by atoms with E-state index < -0.39 is 5.97 Å². The van der Waals surface area contributed by atoms with Crippen LogP contribution in [0.4, 0.5) is 0 Å². The van der Waals surface area contributed by atoms with Gasteiger partial charge in [-0.1, -0.05) is 35.9 Å². The highest BCUT2D eigenvalue weighted by Gasteiger charge is 2.04. The summed E-state index contributed by atoms with van der Waals surface area (Å²) >= 11 is 5.94. The molecule has 0 unspecified atom stereocenters. The molecule has 0 amide bonds. The third kappa shape index (κ3) is 4.36. The highest BCUT2D eigenvalue weighted by atomic mass is 35.5. The summed E-state index contributed by atoms with van der Waals surface area (Å²) in [5, 5.41) is 9.25. The number of halogens is 1. The van der Waals surface area contributed by atoms with E-state index in [-0.39, 0.29) is 0 Å². The molecule has 0 saturated carbocycles. The minimum atomic E-state index is -1.01. The quantitative estimate of drug-likeness (QED) is 0.836. The van der Waals surface area contributed by atoms with Gasteiger partial charge < -0.3 is 9.84 Å². The van der Waals surface area contributed by atoms with Gasteiger partial charge in [-0.25, -0.2) is 4.79 Å². The third-order valence-electron chi connectivity index (χ3n) is 3.02. The van der Waals surface area contributed by atoms with E-state index in [0.29, 0.717) is 22.9 Å². The molecule has 1 N–H and O–H groups in total. The van der Waals surface area contributed by atoms with Crippen LogP contribution in [0.15, 0.2) is 48.5 Å². The maximum atomic E-state index is 10.6. The smallest absolute Gasteiger partial charge is 0.328 e. The first-order valence-corrected chi connectivity index (χ1v) is 6.82. The van der Waals surface area contributed by atoms with E-state index >= 15 is 0 Å². The number of carboxylic acids is 1. The number of rotatable bonds is 5. The summed E-state index contributed by atoms with van der Waals surface area (Å²) < 4.78 is 5.79. The summed E-state index contributed by atoms with van der Waals surface area (Å²) in [6, 6.07) is 13.1. The van der Waals surface area contributed by atoms with Gasteiger partial charge >= 0.3 is 5.97 Å². The minimum Gasteiger partial charge on any atom is -0.488 e. The van der Waals surface area contributed by atoms with Crippen LogP contribution in [0.25, 0.3) is 6.08 Å². The molecule has 0 atom stereocenters. The molecule has 0 fully saturated rings. The van der Waals surface area contributed by atoms with Crippen molar-refractivity contribution in [1.82, 2.24) is 0 Å². The predicted octanol–water partition coefficient (Wildman–Crippen LogP) is 4.33. The average Bonchev–Trinajstić information content (AvgIpc) is 2.45. The fourth-order valence-electron chi connectivity index (χ4n) is 1.87. The molecule has 0 aliphatic rings. The van der Waals surface area contributed by atoms with Crippen LogP contribution in [-0.2, 0) is 11.4 Å². The number of hydrogen-bond acceptors (Lipinski definition) is 2. The summed E-state index contributed by atoms with van der Waals surface area (Å²) in [6.45, 7) is 2.44. The SMILES string of the molecule is Cc1ccccc1COc1ccc(Cl)cc1C=CC(=O)O. The van der Waals surface area contributed by atoms with Crippen LogP contribution in [0.5, 0.6) is 5.75 Å². The lowest BCUT2D eigenvalue weighted by Gasteiger charge is -2.11. The Balaban J connectivity index is 2.20. The molecular weight excluding hydrogens is 288 g/mol. The van der Waals surface area contributed by atoms with Crippen LogP contribution in [0.1, 0.15) is 16.7 Å². The Morgan fingerprint density at radius 2 is 2.05 bits per heavy atom. The molecule has 0 heterocycles. The molecule has 4 heteroatoms. The Morgan fingerprint density at radius 1 is 1.29 bits per heavy atom. The van der Waals surface area contributed by atoms with E-state index in [1.54, 1.807) is 18.2 Å². The lowest BCUT2D eigenvalue weighted by molar-refractivity contribution is -0.131. The normalized spacial score (nSPS) is 10.8. The molecular formula is C17H15ClO3. The van der Waals surface area contributed by atoms with Gasteiger partial charge in [-0.3, -0.25) is 0 Å². The largest absolute Gasteiger partial charge is 0.488 e. The molecule has 0 saturated heterocycles. The summed E-state index contributed by atoms with van der Waals surface area (Å²) in [7, 11) is 0. The molecule has 21 heavy (non-hydrogen) atoms. The Morgan fingerprint density at radius 3 is 2.76 bits per heavy atom. The number of carboxylic acid groups (broad SMARTS) is 1. The number of ether oxygens (including phenoxy) is 1. The molecule has 3 nitrogen and oxygen atoms in total. The molecule has 0 aliphatic carbocycles. The zero-order chi connectivity index (χ0) is 15.2. The number of aliphatic carboxylic acids is 1. The summed E-state index contributed by atoms with van der Waals surface area (Å²) in [5.41, 5.74) is 2.87. The lowest BCUT2D eigenvalue weighted by Crippen LogP contribution is -1.99. The van der Waals surface area contributed by atoms with Gasteiger partial charge in [0.05, 0.1) is 0 Å². The van der Waals surface area contributed by atoms with Crippen LogP contribution in [0.2, 0.25) is 5.02 Å². The third-order valence-corrected chi connectivity index (χ3v) is 3.26. The van der Waals surface area contributed by atoms with Gasteiger partial charge in [0.25, 0.3) is 0 Å². The van der Waals surface area contributed by atoms with Gasteiger partial charge in [0, 0.05) is 16.7 Å². The van der Waals surface area contributed by atoms with E-state index in [9.17, 15) is 4.79 Å². The van der Waals surface area contributed by atoms with Gasteiger partial charge in [-0.15, -0.1) is 0 Å². The standard InChI is InChI=1S/C17H15ClO3/c1-12-4-2-3-5-14(12)11-21-16-8-7-15(18)10-13(16)6-9-17(19)20/h2-10H,11H2,1H3,(H,19,20). The molecule has 0 radical (unpaired) electrons. The average molecular weight is 303 g/mol. The van der Waals surface area contributed by atoms with E-state index in [0.717, 1.165) is 17.2 Å². The zero-order valence-electron chi connectivity index (χ0n) is 11.5. The van der Waals surface area contributed by atoms with Crippen molar-refractivity contribution in [2.75, 3.05) is 0 Å². The summed E-state index contributed by atoms with van der Waals surface area (Å²) in [4.78, 5) is 10.6. The van der Waals surface area contributed by atoms with Crippen LogP contribution in [0.3, 0.4) is 0 Å². The van der Waals surface area contributed by atoms with Crippen molar-refractivity contribution in [2.24, 2.45) is 0 Å². The molecule has 0 bridgehead atoms. The molecule has 2 aromatic rings. The van der Waals surface area contributed by atoms with Gasteiger partial charge in [-0.05, 0) is 42.3 Å². The first kappa shape index (κ1) is 15.1. The van der Waals surface area contributed by atoms with Crippen molar-refractivity contribution >= 4 is 23.6 Å². The van der Waals surface area contributed by atoms with Crippen molar-refractivity contribution < 1.29 is 14.6 Å². The van der Waals surface area contributed by atoms with Crippen molar-refractivity contribution in [3.05, 3.63) is 70.3 Å². The topological polar surface area (TPSA) is 46.5 Å². The number of aryl methyl sites for hydroxylation is 1. The second kappa shape index (κ2) is 6.95. The Bertz CT molecular complexity index is 677. The van der Waals surface area contributed by atoms with Crippen molar-refractivity contribution in [3.8, 4) is 5.75 Å². The fourth-order valence-corrected chi connectivity index (χ4v) is 2.05. The van der Waals surface area contributed by atoms with Gasteiger partial charge in [0.2, 0.25) is 0 Å². The monoisotopic (exact) mass is 302 g/mol. The first-order valence-electron chi connectivity index (χ1n) is 6.44. The summed E-state index contributed by atoms with van der Waals surface area (Å²) in [5.74, 6) is -0.417. The maximum absolute atomic E-state index is 10.6. The van der Waals surface area contributed by atoms with Crippen molar-refractivity contribution in [2.45, 2.75) is 13.5 Å². The molecule has 2 aromatic carbocycles. The number of carbonyl (C=O) groups is 1. The van der Waals surface area contributed by atoms with Gasteiger partial charge in [-0.2, -0.15) is 0 Å². The van der Waals surface area contributed by atoms with Crippen molar-refractivity contribution in [3.63, 3.8) is 0 Å². The Hall–Kier alpha value is -2.26. The Kier molecular flexibility index (Phi) is 5.01. The zero-order valence-corrected chi connectivity index (χ0v) is 12.3. The van der Waals surface area contributed by atoms with Crippen LogP contribution < -0.4 is 4.74 Å². The van der Waals surface area contributed by atoms with Crippen LogP contribution >= 0.6 is 11.6 Å². The Labute approximate surface area is 128 Å². The highest BCUT2D eigenvalue weighted by molar-refractivity contribution is 6.30. The second-order valence-electron chi connectivity index (χ2n) is 4.57. The highest BCUT2D eigenvalue weighted by Crippen LogP contribution is 2.25. The van der Waals surface area contributed by atoms with E-state index in [4.69, 9.17) is 21.4 Å². The van der Waals surface area contributed by atoms with Crippen LogP contribution in [0, 0.1) is 6.92 Å². The van der Waals surface area contributed by atoms with E-state index in [1.165, 1.54) is 6.08 Å². The molecule has 0 spiro atoms. The van der Waals surface area contributed by atoms with E-state index in [2.05, 4.69) is 0 Å². The fraction of sp³-hybridized carbons (Fsp3) is 0.118. The van der Waals surface area contributed by atoms with Crippen LogP contribution in [-0.4, -0.2) is 11.1 Å². The molecule has 108 valence electrons. The number of hydrogen-bond donors (Lipinski definition) is 1.